The Balaban J connectivity index is 1.54. The molecule has 0 bridgehead atoms. The SMILES string of the molecule is COc1ccc(C(=O)N(CC(=O)N(CCc2c[nH]c3ccccc23)Cc2ccc(Cl)cc2)CC(C)C)cc1. The van der Waals surface area contributed by atoms with Crippen LogP contribution in [0, 0.1) is 5.92 Å². The molecule has 0 saturated heterocycles. The van der Waals surface area contributed by atoms with Crippen LogP contribution >= 0.6 is 11.6 Å². The maximum atomic E-state index is 13.7. The molecule has 4 rings (SSSR count). The highest BCUT2D eigenvalue weighted by atomic mass is 35.5. The predicted molar refractivity (Wildman–Crippen MR) is 153 cm³/mol. The molecule has 0 spiro atoms. The molecule has 1 aromatic heterocycles. The molecule has 0 aliphatic carbocycles. The third-order valence-electron chi connectivity index (χ3n) is 6.50. The van der Waals surface area contributed by atoms with Crippen molar-refractivity contribution in [1.29, 1.82) is 0 Å². The number of amides is 2. The first-order valence-corrected chi connectivity index (χ1v) is 13.2. The Kier molecular flexibility index (Phi) is 9.08. The van der Waals surface area contributed by atoms with E-state index < -0.39 is 0 Å². The van der Waals surface area contributed by atoms with Gasteiger partial charge in [-0.3, -0.25) is 9.59 Å². The number of benzene rings is 3. The highest BCUT2D eigenvalue weighted by molar-refractivity contribution is 6.30. The number of methoxy groups -OCH3 is 1. The first kappa shape index (κ1) is 27.3. The number of carbonyl (C=O) groups is 2. The Bertz CT molecular complexity index is 1360. The van der Waals surface area contributed by atoms with Crippen LogP contribution in [0.1, 0.15) is 35.3 Å². The average Bonchev–Trinajstić information content (AvgIpc) is 3.34. The first-order valence-electron chi connectivity index (χ1n) is 12.8. The second kappa shape index (κ2) is 12.7. The summed E-state index contributed by atoms with van der Waals surface area (Å²) in [5, 5.41) is 1.81. The van der Waals surface area contributed by atoms with Crippen molar-refractivity contribution in [1.82, 2.24) is 14.8 Å². The van der Waals surface area contributed by atoms with Gasteiger partial charge in [0.05, 0.1) is 7.11 Å². The number of fused-ring (bicyclic) bond motifs is 1. The van der Waals surface area contributed by atoms with E-state index in [9.17, 15) is 9.59 Å². The maximum Gasteiger partial charge on any atom is 0.254 e. The van der Waals surface area contributed by atoms with Crippen LogP contribution in [-0.4, -0.2) is 53.3 Å². The normalized spacial score (nSPS) is 11.1. The zero-order valence-corrected chi connectivity index (χ0v) is 22.9. The highest BCUT2D eigenvalue weighted by Gasteiger charge is 2.24. The molecule has 1 heterocycles. The topological polar surface area (TPSA) is 65.6 Å². The summed E-state index contributed by atoms with van der Waals surface area (Å²) in [5.41, 5.74) is 3.75. The average molecular weight is 532 g/mol. The predicted octanol–water partition coefficient (Wildman–Crippen LogP) is 6.20. The van der Waals surface area contributed by atoms with Gasteiger partial charge in [0.25, 0.3) is 5.91 Å². The van der Waals surface area contributed by atoms with Gasteiger partial charge in [-0.15, -0.1) is 0 Å². The Morgan fingerprint density at radius 3 is 2.34 bits per heavy atom. The van der Waals surface area contributed by atoms with Gasteiger partial charge in [0.15, 0.2) is 0 Å². The van der Waals surface area contributed by atoms with Crippen LogP contribution in [-0.2, 0) is 17.8 Å². The van der Waals surface area contributed by atoms with Gasteiger partial charge in [-0.05, 0) is 65.9 Å². The van der Waals surface area contributed by atoms with E-state index in [0.717, 1.165) is 22.0 Å². The van der Waals surface area contributed by atoms with Crippen LogP contribution in [0.2, 0.25) is 5.02 Å². The number of halogens is 1. The number of para-hydroxylation sites is 1. The van der Waals surface area contributed by atoms with Gasteiger partial charge < -0.3 is 19.5 Å². The van der Waals surface area contributed by atoms with Gasteiger partial charge in [0.2, 0.25) is 5.91 Å². The van der Waals surface area contributed by atoms with Crippen LogP contribution in [0.5, 0.6) is 5.75 Å². The van der Waals surface area contributed by atoms with Gasteiger partial charge in [-0.2, -0.15) is 0 Å². The molecule has 38 heavy (non-hydrogen) atoms. The lowest BCUT2D eigenvalue weighted by Gasteiger charge is -2.29. The molecule has 2 amide bonds. The third-order valence-corrected chi connectivity index (χ3v) is 6.75. The minimum absolute atomic E-state index is 0.00448. The number of ether oxygens (including phenoxy) is 1. The molecule has 0 radical (unpaired) electrons. The fraction of sp³-hybridized carbons (Fsp3) is 0.290. The van der Waals surface area contributed by atoms with E-state index in [4.69, 9.17) is 16.3 Å². The molecule has 1 N–H and O–H groups in total. The monoisotopic (exact) mass is 531 g/mol. The van der Waals surface area contributed by atoms with E-state index >= 15 is 0 Å². The van der Waals surface area contributed by atoms with Crippen molar-refractivity contribution in [2.45, 2.75) is 26.8 Å². The smallest absolute Gasteiger partial charge is 0.254 e. The second-order valence-electron chi connectivity index (χ2n) is 9.86. The summed E-state index contributed by atoms with van der Waals surface area (Å²) >= 11 is 6.09. The summed E-state index contributed by atoms with van der Waals surface area (Å²) in [6.45, 7) is 5.53. The van der Waals surface area contributed by atoms with E-state index in [1.165, 1.54) is 0 Å². The number of hydrogen-bond donors (Lipinski definition) is 1. The zero-order chi connectivity index (χ0) is 27.1. The van der Waals surface area contributed by atoms with Gasteiger partial charge in [0, 0.05) is 47.3 Å². The minimum Gasteiger partial charge on any atom is -0.497 e. The van der Waals surface area contributed by atoms with E-state index in [2.05, 4.69) is 11.1 Å². The van der Waals surface area contributed by atoms with Gasteiger partial charge in [0.1, 0.15) is 12.3 Å². The Labute approximate surface area is 229 Å². The Morgan fingerprint density at radius 1 is 0.947 bits per heavy atom. The van der Waals surface area contributed by atoms with Gasteiger partial charge in [-0.1, -0.05) is 55.8 Å². The summed E-state index contributed by atoms with van der Waals surface area (Å²) in [5.74, 6) is 0.625. The van der Waals surface area contributed by atoms with Crippen LogP contribution in [0.15, 0.2) is 79.0 Å². The lowest BCUT2D eigenvalue weighted by molar-refractivity contribution is -0.132. The van der Waals surface area contributed by atoms with Gasteiger partial charge in [-0.25, -0.2) is 0 Å². The number of carbonyl (C=O) groups excluding carboxylic acids is 2. The van der Waals surface area contributed by atoms with Crippen molar-refractivity contribution in [2.24, 2.45) is 5.92 Å². The van der Waals surface area contributed by atoms with Crippen LogP contribution in [0.25, 0.3) is 10.9 Å². The van der Waals surface area contributed by atoms with Crippen molar-refractivity contribution in [2.75, 3.05) is 26.7 Å². The van der Waals surface area contributed by atoms with Crippen molar-refractivity contribution in [3.05, 3.63) is 101 Å². The molecular formula is C31H34ClN3O3. The summed E-state index contributed by atoms with van der Waals surface area (Å²) in [4.78, 5) is 34.0. The van der Waals surface area contributed by atoms with Crippen LogP contribution < -0.4 is 4.74 Å². The number of H-pyrrole nitrogens is 1. The van der Waals surface area contributed by atoms with Crippen LogP contribution in [0.4, 0.5) is 0 Å². The minimum atomic E-state index is -0.169. The van der Waals surface area contributed by atoms with Crippen molar-refractivity contribution < 1.29 is 14.3 Å². The molecule has 6 nitrogen and oxygen atoms in total. The number of nitrogens with zero attached hydrogens (tertiary/aromatic N) is 2. The van der Waals surface area contributed by atoms with E-state index in [1.54, 1.807) is 36.3 Å². The van der Waals surface area contributed by atoms with Crippen molar-refractivity contribution in [3.63, 3.8) is 0 Å². The zero-order valence-electron chi connectivity index (χ0n) is 22.1. The Hall–Kier alpha value is -3.77. The summed E-state index contributed by atoms with van der Waals surface area (Å²) in [6, 6.07) is 22.7. The van der Waals surface area contributed by atoms with E-state index in [-0.39, 0.29) is 24.3 Å². The number of hydrogen-bond acceptors (Lipinski definition) is 3. The van der Waals surface area contributed by atoms with Crippen molar-refractivity contribution in [3.8, 4) is 5.75 Å². The number of aromatic nitrogens is 1. The van der Waals surface area contributed by atoms with E-state index in [1.807, 2.05) is 67.4 Å². The molecule has 0 saturated carbocycles. The molecule has 0 aliphatic heterocycles. The molecule has 3 aromatic carbocycles. The first-order chi connectivity index (χ1) is 18.3. The lowest BCUT2D eigenvalue weighted by atomic mass is 10.1. The fourth-order valence-corrected chi connectivity index (χ4v) is 4.66. The molecule has 0 unspecified atom stereocenters. The summed E-state index contributed by atoms with van der Waals surface area (Å²) in [6.07, 6.45) is 2.70. The molecule has 7 heteroatoms. The fourth-order valence-electron chi connectivity index (χ4n) is 4.54. The molecule has 0 atom stereocenters. The maximum absolute atomic E-state index is 13.7. The number of nitrogens with one attached hydrogen (secondary N) is 1. The van der Waals surface area contributed by atoms with E-state index in [0.29, 0.717) is 42.4 Å². The lowest BCUT2D eigenvalue weighted by Crippen LogP contribution is -2.44. The third kappa shape index (κ3) is 6.95. The highest BCUT2D eigenvalue weighted by Crippen LogP contribution is 2.20. The standard InChI is InChI=1S/C31H34ClN3O3/c1-22(2)19-35(31(37)24-10-14-27(38-3)15-11-24)21-30(36)34(20-23-8-12-26(32)13-9-23)17-16-25-18-33-29-7-5-4-6-28(25)29/h4-15,18,22,33H,16-17,19-21H2,1-3H3. The van der Waals surface area contributed by atoms with Crippen molar-refractivity contribution >= 4 is 34.3 Å². The molecule has 0 aliphatic rings. The second-order valence-corrected chi connectivity index (χ2v) is 10.3. The summed E-state index contributed by atoms with van der Waals surface area (Å²) < 4.78 is 5.22. The number of aromatic amines is 1. The molecular weight excluding hydrogens is 498 g/mol. The quantitative estimate of drug-likeness (QED) is 0.250. The largest absolute Gasteiger partial charge is 0.497 e. The van der Waals surface area contributed by atoms with Gasteiger partial charge >= 0.3 is 0 Å². The molecule has 198 valence electrons. The summed E-state index contributed by atoms with van der Waals surface area (Å²) in [7, 11) is 1.59. The Morgan fingerprint density at radius 2 is 1.66 bits per heavy atom. The molecule has 4 aromatic rings. The molecule has 0 fully saturated rings. The number of rotatable bonds is 11. The van der Waals surface area contributed by atoms with Crippen LogP contribution in [0.3, 0.4) is 0 Å².